The molecule has 1 aliphatic rings. The third-order valence-electron chi connectivity index (χ3n) is 5.01. The molecule has 8 heteroatoms. The van der Waals surface area contributed by atoms with Crippen LogP contribution in [0, 0.1) is 12.8 Å². The van der Waals surface area contributed by atoms with Gasteiger partial charge in [-0.3, -0.25) is 4.79 Å². The van der Waals surface area contributed by atoms with Gasteiger partial charge in [-0.1, -0.05) is 53.7 Å². The summed E-state index contributed by atoms with van der Waals surface area (Å²) >= 11 is 0. The summed E-state index contributed by atoms with van der Waals surface area (Å²) in [7, 11) is -3.61. The zero-order valence-corrected chi connectivity index (χ0v) is 17.9. The van der Waals surface area contributed by atoms with Crippen LogP contribution in [0.2, 0.25) is 0 Å². The number of nitrogens with zero attached hydrogens (tertiary/aromatic N) is 1. The Balaban J connectivity index is 1.43. The molecule has 4 rings (SSSR count). The Hall–Kier alpha value is -3.23. The highest BCUT2D eigenvalue weighted by Gasteiger charge is 2.30. The molecule has 0 spiro atoms. The normalized spacial score (nSPS) is 14.1. The Labute approximate surface area is 181 Å². The lowest BCUT2D eigenvalue weighted by atomic mass is 10.2. The molecular formula is C23H23N3O4S. The molecule has 3 aromatic rings. The molecule has 0 radical (unpaired) electrons. The highest BCUT2D eigenvalue weighted by molar-refractivity contribution is 7.89. The van der Waals surface area contributed by atoms with Crippen molar-refractivity contribution in [3.63, 3.8) is 0 Å². The number of benzene rings is 2. The molecule has 31 heavy (non-hydrogen) atoms. The molecule has 1 heterocycles. The molecule has 2 N–H and O–H groups in total. The summed E-state index contributed by atoms with van der Waals surface area (Å²) in [5, 5.41) is 6.80. The van der Waals surface area contributed by atoms with Crippen LogP contribution in [0.1, 0.15) is 35.4 Å². The number of aromatic nitrogens is 1. The number of sulfonamides is 1. The van der Waals surface area contributed by atoms with Crippen LogP contribution in [0.3, 0.4) is 0 Å². The SMILES string of the molecule is Cc1noc(C=Cc2ccc(S(=O)(=O)NCc3ccccc3)cc2)c1NC(=O)C1CC1. The van der Waals surface area contributed by atoms with Gasteiger partial charge in [-0.25, -0.2) is 13.1 Å². The minimum absolute atomic E-state index is 0.0153. The Morgan fingerprint density at radius 1 is 1.10 bits per heavy atom. The summed E-state index contributed by atoms with van der Waals surface area (Å²) in [5.74, 6) is 0.516. The molecule has 2 aromatic carbocycles. The van der Waals surface area contributed by atoms with E-state index in [1.165, 1.54) is 0 Å². The van der Waals surface area contributed by atoms with E-state index in [1.54, 1.807) is 43.3 Å². The summed E-state index contributed by atoms with van der Waals surface area (Å²) in [6.07, 6.45) is 5.31. The van der Waals surface area contributed by atoms with Crippen LogP contribution in [-0.4, -0.2) is 19.5 Å². The highest BCUT2D eigenvalue weighted by atomic mass is 32.2. The lowest BCUT2D eigenvalue weighted by molar-refractivity contribution is -0.117. The zero-order chi connectivity index (χ0) is 21.8. The molecule has 1 amide bonds. The molecule has 0 atom stereocenters. The third-order valence-corrected chi connectivity index (χ3v) is 6.43. The number of carbonyl (C=O) groups excluding carboxylic acids is 1. The van der Waals surface area contributed by atoms with Crippen LogP contribution in [0.25, 0.3) is 12.2 Å². The first-order chi connectivity index (χ1) is 14.9. The Morgan fingerprint density at radius 2 is 1.81 bits per heavy atom. The van der Waals surface area contributed by atoms with E-state index in [0.29, 0.717) is 17.1 Å². The van der Waals surface area contributed by atoms with Crippen molar-refractivity contribution < 1.29 is 17.7 Å². The number of rotatable bonds is 8. The van der Waals surface area contributed by atoms with E-state index in [4.69, 9.17) is 4.52 Å². The van der Waals surface area contributed by atoms with Gasteiger partial charge in [0.25, 0.3) is 0 Å². The van der Waals surface area contributed by atoms with E-state index >= 15 is 0 Å². The zero-order valence-electron chi connectivity index (χ0n) is 17.0. The second kappa shape index (κ2) is 8.87. The van der Waals surface area contributed by atoms with Gasteiger partial charge in [0, 0.05) is 12.5 Å². The van der Waals surface area contributed by atoms with Crippen LogP contribution in [0.5, 0.6) is 0 Å². The van der Waals surface area contributed by atoms with Crippen molar-refractivity contribution in [2.45, 2.75) is 31.2 Å². The number of aryl methyl sites for hydroxylation is 1. The average Bonchev–Trinajstić information content (AvgIpc) is 3.58. The first-order valence-corrected chi connectivity index (χ1v) is 11.5. The Morgan fingerprint density at radius 3 is 2.48 bits per heavy atom. The van der Waals surface area contributed by atoms with Crippen LogP contribution in [0.15, 0.2) is 64.0 Å². The van der Waals surface area contributed by atoms with Crippen molar-refractivity contribution in [3.05, 3.63) is 77.2 Å². The first kappa shape index (κ1) is 21.0. The van der Waals surface area contributed by atoms with Gasteiger partial charge in [-0.2, -0.15) is 0 Å². The lowest BCUT2D eigenvalue weighted by Gasteiger charge is -2.07. The van der Waals surface area contributed by atoms with Crippen molar-refractivity contribution in [1.29, 1.82) is 0 Å². The number of carbonyl (C=O) groups is 1. The average molecular weight is 438 g/mol. The Kier molecular flexibility index (Phi) is 6.01. The molecule has 1 fully saturated rings. The maximum atomic E-state index is 12.5. The van der Waals surface area contributed by atoms with Gasteiger partial charge in [-0.15, -0.1) is 0 Å². The van der Waals surface area contributed by atoms with Crippen LogP contribution >= 0.6 is 0 Å². The second-order valence-corrected chi connectivity index (χ2v) is 9.25. The van der Waals surface area contributed by atoms with Gasteiger partial charge in [-0.05, 0) is 49.1 Å². The van der Waals surface area contributed by atoms with Gasteiger partial charge in [0.05, 0.1) is 4.90 Å². The van der Waals surface area contributed by atoms with Crippen LogP contribution < -0.4 is 10.0 Å². The second-order valence-electron chi connectivity index (χ2n) is 7.48. The quantitative estimate of drug-likeness (QED) is 0.555. The minimum Gasteiger partial charge on any atom is -0.354 e. The van der Waals surface area contributed by atoms with Gasteiger partial charge in [0.15, 0.2) is 5.76 Å². The molecule has 0 unspecified atom stereocenters. The summed E-state index contributed by atoms with van der Waals surface area (Å²) in [5.41, 5.74) is 2.85. The smallest absolute Gasteiger partial charge is 0.240 e. The largest absolute Gasteiger partial charge is 0.354 e. The van der Waals surface area contributed by atoms with E-state index < -0.39 is 10.0 Å². The Bertz CT molecular complexity index is 1200. The summed E-state index contributed by atoms with van der Waals surface area (Å²) in [6, 6.07) is 15.9. The van der Waals surface area contributed by atoms with Crippen molar-refractivity contribution in [2.75, 3.05) is 5.32 Å². The molecule has 0 aliphatic heterocycles. The van der Waals surface area contributed by atoms with E-state index in [0.717, 1.165) is 24.0 Å². The van der Waals surface area contributed by atoms with Crippen LogP contribution in [-0.2, 0) is 21.4 Å². The topological polar surface area (TPSA) is 101 Å². The molecule has 1 saturated carbocycles. The third kappa shape index (κ3) is 5.28. The minimum atomic E-state index is -3.61. The fraction of sp³-hybridized carbons (Fsp3) is 0.217. The maximum Gasteiger partial charge on any atom is 0.240 e. The fourth-order valence-corrected chi connectivity index (χ4v) is 4.03. The first-order valence-electron chi connectivity index (χ1n) is 10.0. The molecule has 7 nitrogen and oxygen atoms in total. The van der Waals surface area contributed by atoms with E-state index in [2.05, 4.69) is 15.2 Å². The van der Waals surface area contributed by atoms with Crippen molar-refractivity contribution in [3.8, 4) is 0 Å². The number of amides is 1. The number of anilines is 1. The molecule has 160 valence electrons. The molecular weight excluding hydrogens is 414 g/mol. The summed E-state index contributed by atoms with van der Waals surface area (Å²) < 4.78 is 32.9. The fourth-order valence-electron chi connectivity index (χ4n) is 3.01. The lowest BCUT2D eigenvalue weighted by Crippen LogP contribution is -2.23. The standard InChI is InChI=1S/C23H23N3O4S/c1-16-22(25-23(27)19-10-11-19)21(30-26-16)14-9-17-7-12-20(13-8-17)31(28,29)24-15-18-5-3-2-4-6-18/h2-9,12-14,19,24H,10-11,15H2,1H3,(H,25,27). The van der Waals surface area contributed by atoms with Gasteiger partial charge in [0.2, 0.25) is 15.9 Å². The van der Waals surface area contributed by atoms with Crippen molar-refractivity contribution in [2.24, 2.45) is 5.92 Å². The number of hydrogen-bond acceptors (Lipinski definition) is 5. The highest BCUT2D eigenvalue weighted by Crippen LogP contribution is 2.32. The predicted molar refractivity (Wildman–Crippen MR) is 118 cm³/mol. The van der Waals surface area contributed by atoms with Crippen LogP contribution in [0.4, 0.5) is 5.69 Å². The van der Waals surface area contributed by atoms with Crippen molar-refractivity contribution in [1.82, 2.24) is 9.88 Å². The molecule has 0 bridgehead atoms. The van der Waals surface area contributed by atoms with Gasteiger partial charge in [0.1, 0.15) is 11.4 Å². The summed E-state index contributed by atoms with van der Waals surface area (Å²) in [4.78, 5) is 12.2. The van der Waals surface area contributed by atoms with Crippen molar-refractivity contribution >= 4 is 33.8 Å². The predicted octanol–water partition coefficient (Wildman–Crippen LogP) is 3.98. The monoisotopic (exact) mass is 437 g/mol. The number of hydrogen-bond donors (Lipinski definition) is 2. The van der Waals surface area contributed by atoms with Gasteiger partial charge >= 0.3 is 0 Å². The van der Waals surface area contributed by atoms with E-state index in [1.807, 2.05) is 30.3 Å². The van der Waals surface area contributed by atoms with E-state index in [-0.39, 0.29) is 23.3 Å². The van der Waals surface area contributed by atoms with E-state index in [9.17, 15) is 13.2 Å². The summed E-state index contributed by atoms with van der Waals surface area (Å²) in [6.45, 7) is 2.00. The molecule has 1 aliphatic carbocycles. The molecule has 0 saturated heterocycles. The molecule has 1 aromatic heterocycles. The van der Waals surface area contributed by atoms with Gasteiger partial charge < -0.3 is 9.84 Å². The maximum absolute atomic E-state index is 12.5. The number of nitrogens with one attached hydrogen (secondary N) is 2.